The summed E-state index contributed by atoms with van der Waals surface area (Å²) in [5, 5.41) is 11.2. The van der Waals surface area contributed by atoms with E-state index in [2.05, 4.69) is 5.18 Å². The number of nitroso groups, excluding NO2 is 1. The van der Waals surface area contributed by atoms with Crippen LogP contribution >= 0.6 is 11.6 Å². The van der Waals surface area contributed by atoms with Gasteiger partial charge in [-0.2, -0.15) is 0 Å². The molecule has 0 aliphatic rings. The Morgan fingerprint density at radius 3 is 2.67 bits per heavy atom. The van der Waals surface area contributed by atoms with Crippen LogP contribution in [0.15, 0.2) is 23.4 Å². The van der Waals surface area contributed by atoms with Gasteiger partial charge in [-0.15, -0.1) is 4.91 Å². The van der Waals surface area contributed by atoms with Crippen molar-refractivity contribution in [2.45, 2.75) is 0 Å². The minimum atomic E-state index is -1.11. The van der Waals surface area contributed by atoms with Crippen LogP contribution in [0, 0.1) is 4.91 Å². The third kappa shape index (κ3) is 1.60. The number of carboxylic acids is 1. The highest BCUT2D eigenvalue weighted by Crippen LogP contribution is 2.25. The van der Waals surface area contributed by atoms with Gasteiger partial charge < -0.3 is 5.11 Å². The number of benzene rings is 1. The molecular formula is C7H4ClNO3. The van der Waals surface area contributed by atoms with Crippen molar-refractivity contribution in [3.63, 3.8) is 0 Å². The molecule has 0 spiro atoms. The highest BCUT2D eigenvalue weighted by molar-refractivity contribution is 6.33. The molecule has 1 N–H and O–H groups in total. The Morgan fingerprint density at radius 2 is 2.17 bits per heavy atom. The first kappa shape index (κ1) is 8.67. The number of rotatable bonds is 2. The third-order valence-electron chi connectivity index (χ3n) is 1.29. The van der Waals surface area contributed by atoms with Gasteiger partial charge in [-0.1, -0.05) is 11.6 Å². The highest BCUT2D eigenvalue weighted by atomic mass is 35.5. The Balaban J connectivity index is 3.22. The first-order valence-corrected chi connectivity index (χ1v) is 3.39. The number of carboxylic acid groups (broad SMARTS) is 1. The molecule has 0 aliphatic carbocycles. The van der Waals surface area contributed by atoms with Crippen LogP contribution in [0.4, 0.5) is 5.69 Å². The predicted molar refractivity (Wildman–Crippen MR) is 43.9 cm³/mol. The van der Waals surface area contributed by atoms with Gasteiger partial charge in [-0.25, -0.2) is 4.79 Å². The van der Waals surface area contributed by atoms with E-state index in [1.54, 1.807) is 0 Å². The second-order valence-corrected chi connectivity index (χ2v) is 2.47. The Kier molecular flexibility index (Phi) is 2.40. The van der Waals surface area contributed by atoms with E-state index in [0.29, 0.717) is 0 Å². The number of nitrogens with zero attached hydrogens (tertiary/aromatic N) is 1. The van der Waals surface area contributed by atoms with E-state index in [9.17, 15) is 9.70 Å². The Hall–Kier alpha value is -1.42. The van der Waals surface area contributed by atoms with Gasteiger partial charge in [0.1, 0.15) is 5.69 Å². The van der Waals surface area contributed by atoms with Crippen LogP contribution in [0.3, 0.4) is 0 Å². The molecular weight excluding hydrogens is 182 g/mol. The molecule has 1 rings (SSSR count). The molecule has 0 aliphatic heterocycles. The zero-order valence-corrected chi connectivity index (χ0v) is 6.58. The standard InChI is InChI=1S/C7H4ClNO3/c8-5-2-1-4(7(10)11)3-6(5)9-12/h1-3H,(H,10,11). The summed E-state index contributed by atoms with van der Waals surface area (Å²) >= 11 is 5.51. The van der Waals surface area contributed by atoms with E-state index in [0.717, 1.165) is 6.07 Å². The number of aromatic carboxylic acids is 1. The number of hydrogen-bond donors (Lipinski definition) is 1. The van der Waals surface area contributed by atoms with Crippen LogP contribution in [-0.2, 0) is 0 Å². The molecule has 0 radical (unpaired) electrons. The lowest BCUT2D eigenvalue weighted by molar-refractivity contribution is 0.0697. The van der Waals surface area contributed by atoms with Crippen molar-refractivity contribution in [3.8, 4) is 0 Å². The minimum absolute atomic E-state index is 0.00556. The van der Waals surface area contributed by atoms with Crippen LogP contribution in [-0.4, -0.2) is 11.1 Å². The van der Waals surface area contributed by atoms with Crippen molar-refractivity contribution >= 4 is 23.3 Å². The lowest BCUT2D eigenvalue weighted by atomic mass is 10.2. The van der Waals surface area contributed by atoms with Crippen molar-refractivity contribution in [3.05, 3.63) is 33.7 Å². The highest BCUT2D eigenvalue weighted by Gasteiger charge is 2.06. The molecule has 1 aromatic rings. The molecule has 4 nitrogen and oxygen atoms in total. The van der Waals surface area contributed by atoms with Gasteiger partial charge in [0.05, 0.1) is 10.6 Å². The summed E-state index contributed by atoms with van der Waals surface area (Å²) in [7, 11) is 0. The number of hydrogen-bond acceptors (Lipinski definition) is 3. The molecule has 0 saturated carbocycles. The van der Waals surface area contributed by atoms with Crippen LogP contribution in [0.1, 0.15) is 10.4 Å². The molecule has 0 atom stereocenters. The first-order chi connectivity index (χ1) is 5.65. The average molecular weight is 186 g/mol. The van der Waals surface area contributed by atoms with Gasteiger partial charge in [0.15, 0.2) is 0 Å². The topological polar surface area (TPSA) is 66.7 Å². The van der Waals surface area contributed by atoms with Crippen molar-refractivity contribution in [2.75, 3.05) is 0 Å². The fourth-order valence-electron chi connectivity index (χ4n) is 0.716. The van der Waals surface area contributed by atoms with Crippen molar-refractivity contribution in [1.29, 1.82) is 0 Å². The van der Waals surface area contributed by atoms with Crippen molar-refractivity contribution in [1.82, 2.24) is 0 Å². The predicted octanol–water partition coefficient (Wildman–Crippen LogP) is 2.44. The molecule has 12 heavy (non-hydrogen) atoms. The summed E-state index contributed by atoms with van der Waals surface area (Å²) in [4.78, 5) is 20.5. The lowest BCUT2D eigenvalue weighted by Gasteiger charge is -1.95. The van der Waals surface area contributed by atoms with Gasteiger partial charge in [0, 0.05) is 0 Å². The average Bonchev–Trinajstić information content (AvgIpc) is 2.05. The summed E-state index contributed by atoms with van der Waals surface area (Å²) < 4.78 is 0. The van der Waals surface area contributed by atoms with Gasteiger partial charge in [0.25, 0.3) is 0 Å². The molecule has 0 heterocycles. The Morgan fingerprint density at radius 1 is 1.50 bits per heavy atom. The quantitative estimate of drug-likeness (QED) is 0.720. The monoisotopic (exact) mass is 185 g/mol. The molecule has 0 bridgehead atoms. The molecule has 1 aromatic carbocycles. The molecule has 62 valence electrons. The van der Waals surface area contributed by atoms with E-state index < -0.39 is 5.97 Å². The molecule has 0 aromatic heterocycles. The summed E-state index contributed by atoms with van der Waals surface area (Å²) in [5.41, 5.74) is -0.0643. The molecule has 0 unspecified atom stereocenters. The summed E-state index contributed by atoms with van der Waals surface area (Å²) in [5.74, 6) is -1.11. The van der Waals surface area contributed by atoms with Crippen LogP contribution < -0.4 is 0 Å². The zero-order chi connectivity index (χ0) is 9.14. The largest absolute Gasteiger partial charge is 0.478 e. The van der Waals surface area contributed by atoms with Gasteiger partial charge >= 0.3 is 5.97 Å². The Bertz CT molecular complexity index is 337. The Labute approximate surface area is 72.8 Å². The van der Waals surface area contributed by atoms with Crippen LogP contribution in [0.25, 0.3) is 0 Å². The van der Waals surface area contributed by atoms with Gasteiger partial charge in [0.2, 0.25) is 0 Å². The fourth-order valence-corrected chi connectivity index (χ4v) is 0.868. The van der Waals surface area contributed by atoms with Gasteiger partial charge in [-0.05, 0) is 23.4 Å². The maximum atomic E-state index is 10.4. The normalized spacial score (nSPS) is 9.42. The molecule has 0 fully saturated rings. The van der Waals surface area contributed by atoms with E-state index in [-0.39, 0.29) is 16.3 Å². The van der Waals surface area contributed by atoms with Gasteiger partial charge in [-0.3, -0.25) is 0 Å². The summed E-state index contributed by atoms with van der Waals surface area (Å²) in [6, 6.07) is 3.75. The maximum absolute atomic E-state index is 10.4. The fraction of sp³-hybridized carbons (Fsp3) is 0. The molecule has 0 saturated heterocycles. The first-order valence-electron chi connectivity index (χ1n) is 3.01. The van der Waals surface area contributed by atoms with E-state index in [1.165, 1.54) is 12.1 Å². The molecule has 0 amide bonds. The van der Waals surface area contributed by atoms with Crippen molar-refractivity contribution < 1.29 is 9.90 Å². The zero-order valence-electron chi connectivity index (χ0n) is 5.82. The third-order valence-corrected chi connectivity index (χ3v) is 1.61. The lowest BCUT2D eigenvalue weighted by Crippen LogP contribution is -1.94. The second kappa shape index (κ2) is 3.32. The summed E-state index contributed by atoms with van der Waals surface area (Å²) in [6.07, 6.45) is 0. The summed E-state index contributed by atoms with van der Waals surface area (Å²) in [6.45, 7) is 0. The van der Waals surface area contributed by atoms with E-state index >= 15 is 0 Å². The second-order valence-electron chi connectivity index (χ2n) is 2.06. The smallest absolute Gasteiger partial charge is 0.335 e. The SMILES string of the molecule is O=Nc1cc(C(=O)O)ccc1Cl. The minimum Gasteiger partial charge on any atom is -0.478 e. The maximum Gasteiger partial charge on any atom is 0.335 e. The van der Waals surface area contributed by atoms with Crippen LogP contribution in [0.2, 0.25) is 5.02 Å². The van der Waals surface area contributed by atoms with E-state index in [1.807, 2.05) is 0 Å². The number of halogens is 1. The van der Waals surface area contributed by atoms with E-state index in [4.69, 9.17) is 16.7 Å². The van der Waals surface area contributed by atoms with Crippen molar-refractivity contribution in [2.24, 2.45) is 5.18 Å². The molecule has 5 heteroatoms. The van der Waals surface area contributed by atoms with Crippen LogP contribution in [0.5, 0.6) is 0 Å². The number of carbonyl (C=O) groups is 1.